The lowest BCUT2D eigenvalue weighted by molar-refractivity contribution is -0.146. The molecule has 0 bridgehead atoms. The Morgan fingerprint density at radius 3 is 2.33 bits per heavy atom. The Balaban J connectivity index is 0.00000420. The van der Waals surface area contributed by atoms with Crippen LogP contribution in [0.3, 0.4) is 0 Å². The lowest BCUT2D eigenvalue weighted by Gasteiger charge is -2.39. The molecule has 3 fully saturated rings. The molecular formula is C30H49ClN4O2S2. The highest BCUT2D eigenvalue weighted by Crippen LogP contribution is 2.44. The van der Waals surface area contributed by atoms with Crippen molar-refractivity contribution < 1.29 is 9.59 Å². The molecule has 9 heteroatoms. The van der Waals surface area contributed by atoms with Gasteiger partial charge in [-0.3, -0.25) is 30.2 Å². The van der Waals surface area contributed by atoms with Gasteiger partial charge >= 0.3 is 0 Å². The van der Waals surface area contributed by atoms with E-state index in [0.29, 0.717) is 6.42 Å². The van der Waals surface area contributed by atoms with E-state index in [1.54, 1.807) is 16.8 Å². The zero-order chi connectivity index (χ0) is 27.2. The monoisotopic (exact) mass is 596 g/mol. The summed E-state index contributed by atoms with van der Waals surface area (Å²) in [6.07, 6.45) is 8.98. The molecule has 6 nitrogen and oxygen atoms in total. The van der Waals surface area contributed by atoms with Crippen molar-refractivity contribution in [1.82, 2.24) is 20.7 Å². The summed E-state index contributed by atoms with van der Waals surface area (Å²) in [6.45, 7) is 11.2. The molecule has 39 heavy (non-hydrogen) atoms. The number of nitrogens with zero attached hydrogens (tertiary/aromatic N) is 2. The second-order valence-electron chi connectivity index (χ2n) is 12.4. The van der Waals surface area contributed by atoms with Crippen LogP contribution in [0.25, 0.3) is 0 Å². The lowest BCUT2D eigenvalue weighted by atomic mass is 9.91. The minimum Gasteiger partial charge on any atom is -0.299 e. The molecular weight excluding hydrogens is 548 g/mol. The van der Waals surface area contributed by atoms with Crippen molar-refractivity contribution in [2.24, 2.45) is 5.92 Å². The van der Waals surface area contributed by atoms with Crippen LogP contribution in [0.2, 0.25) is 0 Å². The van der Waals surface area contributed by atoms with Crippen molar-refractivity contribution in [2.75, 3.05) is 24.6 Å². The number of carbonyl (C=O) groups excluding carboxylic acids is 2. The van der Waals surface area contributed by atoms with Crippen molar-refractivity contribution in [3.05, 3.63) is 35.9 Å². The number of likely N-dealkylation sites (tertiary alicyclic amines) is 1. The Bertz CT molecular complexity index is 919. The number of amides is 2. The molecule has 2 N–H and O–H groups in total. The molecule has 220 valence electrons. The van der Waals surface area contributed by atoms with E-state index in [4.69, 9.17) is 0 Å². The van der Waals surface area contributed by atoms with E-state index in [1.807, 2.05) is 11.8 Å². The smallest absolute Gasteiger partial charge is 0.257 e. The number of hydrazine groups is 1. The number of rotatable bonds is 9. The van der Waals surface area contributed by atoms with E-state index in [1.165, 1.54) is 37.7 Å². The van der Waals surface area contributed by atoms with Gasteiger partial charge in [0, 0.05) is 36.6 Å². The summed E-state index contributed by atoms with van der Waals surface area (Å²) in [5.41, 5.74) is 4.43. The number of benzene rings is 1. The van der Waals surface area contributed by atoms with E-state index in [2.05, 4.69) is 73.7 Å². The topological polar surface area (TPSA) is 64.7 Å². The summed E-state index contributed by atoms with van der Waals surface area (Å²) in [5.74, 6) is 2.75. The summed E-state index contributed by atoms with van der Waals surface area (Å²) >= 11 is 3.69. The molecule has 0 radical (unpaired) electrons. The number of halogens is 1. The number of hydrogen-bond donors (Lipinski definition) is 2. The third kappa shape index (κ3) is 9.56. The first-order valence-electron chi connectivity index (χ1n) is 14.6. The minimum absolute atomic E-state index is 0. The first-order chi connectivity index (χ1) is 18.1. The predicted molar refractivity (Wildman–Crippen MR) is 168 cm³/mol. The largest absolute Gasteiger partial charge is 0.299 e. The quantitative estimate of drug-likeness (QED) is 0.275. The molecule has 1 aliphatic carbocycles. The van der Waals surface area contributed by atoms with Crippen molar-refractivity contribution in [3.8, 4) is 0 Å². The molecule has 4 rings (SSSR count). The molecule has 1 atom stereocenters. The molecule has 1 aromatic rings. The summed E-state index contributed by atoms with van der Waals surface area (Å²) in [6, 6.07) is 10.2. The Kier molecular flexibility index (Phi) is 12.4. The third-order valence-corrected chi connectivity index (χ3v) is 10.8. The fourth-order valence-corrected chi connectivity index (χ4v) is 9.18. The van der Waals surface area contributed by atoms with Crippen molar-refractivity contribution in [2.45, 2.75) is 107 Å². The van der Waals surface area contributed by atoms with Crippen LogP contribution in [0, 0.1) is 5.92 Å². The van der Waals surface area contributed by atoms with Gasteiger partial charge in [0.25, 0.3) is 5.91 Å². The van der Waals surface area contributed by atoms with E-state index < -0.39 is 0 Å². The zero-order valence-electron chi connectivity index (χ0n) is 24.2. The highest BCUT2D eigenvalue weighted by Gasteiger charge is 2.49. The maximum absolute atomic E-state index is 13.6. The number of carbonyl (C=O) groups is 2. The zero-order valence-corrected chi connectivity index (χ0v) is 26.7. The Morgan fingerprint density at radius 1 is 1.05 bits per heavy atom. The van der Waals surface area contributed by atoms with Gasteiger partial charge < -0.3 is 0 Å². The van der Waals surface area contributed by atoms with Gasteiger partial charge in [-0.05, 0) is 70.6 Å². The average Bonchev–Trinajstić information content (AvgIpc) is 3.13. The highest BCUT2D eigenvalue weighted by molar-refractivity contribution is 8.02. The number of piperidine rings is 1. The molecule has 1 aromatic carbocycles. The van der Waals surface area contributed by atoms with E-state index in [-0.39, 0.29) is 45.9 Å². The van der Waals surface area contributed by atoms with Crippen molar-refractivity contribution in [1.29, 1.82) is 0 Å². The van der Waals surface area contributed by atoms with Gasteiger partial charge in [0.15, 0.2) is 0 Å². The van der Waals surface area contributed by atoms with Crippen LogP contribution in [0.1, 0.15) is 84.6 Å². The van der Waals surface area contributed by atoms with Gasteiger partial charge in [-0.1, -0.05) is 49.6 Å². The number of hydrogen-bond acceptors (Lipinski definition) is 6. The fraction of sp³-hybridized carbons (Fsp3) is 0.733. The van der Waals surface area contributed by atoms with Crippen LogP contribution in [-0.4, -0.2) is 68.0 Å². The first-order valence-corrected chi connectivity index (χ1v) is 16.5. The van der Waals surface area contributed by atoms with Crippen LogP contribution in [0.4, 0.5) is 0 Å². The van der Waals surface area contributed by atoms with Gasteiger partial charge in [-0.2, -0.15) is 11.8 Å². The highest BCUT2D eigenvalue weighted by atomic mass is 35.5. The van der Waals surface area contributed by atoms with Crippen molar-refractivity contribution >= 4 is 47.7 Å². The second kappa shape index (κ2) is 14.8. The molecule has 2 aliphatic heterocycles. The van der Waals surface area contributed by atoms with Crippen LogP contribution in [0.15, 0.2) is 30.3 Å². The van der Waals surface area contributed by atoms with E-state index >= 15 is 0 Å². The Hall–Kier alpha value is -0.930. The molecule has 0 spiro atoms. The average molecular weight is 597 g/mol. The molecule has 0 unspecified atom stereocenters. The second-order valence-corrected chi connectivity index (χ2v) is 15.8. The Morgan fingerprint density at radius 2 is 1.72 bits per heavy atom. The van der Waals surface area contributed by atoms with Gasteiger partial charge in [-0.15, -0.1) is 24.2 Å². The molecule has 2 saturated heterocycles. The predicted octanol–water partition coefficient (Wildman–Crippen LogP) is 5.86. The van der Waals surface area contributed by atoms with Gasteiger partial charge in [0.05, 0.1) is 10.9 Å². The summed E-state index contributed by atoms with van der Waals surface area (Å²) in [7, 11) is 0. The standard InChI is InChI=1S/C30H48N4O2S2.ClH/c1-29(2)27(31-30(3,4)38-29)28(36)32-34(26(35)17-20-37-22-24-13-9-6-10-14-24)25-15-18-33(19-16-25)21-23-11-7-5-8-12-23;/h5,7-8,11-12,24-25,27,31H,6,9-10,13-22H2,1-4H3,(H,32,36);1H/t27-;/m1./s1. The molecule has 2 amide bonds. The summed E-state index contributed by atoms with van der Waals surface area (Å²) in [4.78, 5) is 29.4. The maximum Gasteiger partial charge on any atom is 0.257 e. The van der Waals surface area contributed by atoms with Crippen LogP contribution >= 0.6 is 35.9 Å². The number of thioether (sulfide) groups is 2. The van der Waals surface area contributed by atoms with Crippen LogP contribution in [0.5, 0.6) is 0 Å². The number of nitrogens with one attached hydrogen (secondary N) is 2. The molecule has 2 heterocycles. The third-order valence-electron chi connectivity index (χ3n) is 8.18. The molecule has 3 aliphatic rings. The Labute approximate surface area is 250 Å². The van der Waals surface area contributed by atoms with Gasteiger partial charge in [0.2, 0.25) is 5.91 Å². The normalized spacial score (nSPS) is 23.6. The SMILES string of the molecule is CC1(C)N[C@H](C(=O)NN(C(=O)CCSCC2CCCCC2)C2CCN(Cc3ccccc3)CC2)C(C)(C)S1.Cl. The lowest BCUT2D eigenvalue weighted by Crippen LogP contribution is -2.61. The van der Waals surface area contributed by atoms with Crippen LogP contribution in [-0.2, 0) is 16.1 Å². The van der Waals surface area contributed by atoms with E-state index in [0.717, 1.165) is 49.9 Å². The molecule has 0 aromatic heterocycles. The minimum atomic E-state index is -0.350. The summed E-state index contributed by atoms with van der Waals surface area (Å²) in [5, 5.41) is 5.21. The van der Waals surface area contributed by atoms with Crippen LogP contribution < -0.4 is 10.7 Å². The van der Waals surface area contributed by atoms with E-state index in [9.17, 15) is 9.59 Å². The molecule has 1 saturated carbocycles. The van der Waals surface area contributed by atoms with Gasteiger partial charge in [0.1, 0.15) is 6.04 Å². The van der Waals surface area contributed by atoms with Gasteiger partial charge in [-0.25, -0.2) is 0 Å². The first kappa shape index (κ1) is 32.6. The summed E-state index contributed by atoms with van der Waals surface area (Å²) < 4.78 is -0.253. The maximum atomic E-state index is 13.6. The van der Waals surface area contributed by atoms with Crippen molar-refractivity contribution in [3.63, 3.8) is 0 Å². The fourth-order valence-electron chi connectivity index (χ4n) is 6.25.